The Morgan fingerprint density at radius 2 is 1.86 bits per heavy atom. The van der Waals surface area contributed by atoms with E-state index in [1.807, 2.05) is 0 Å². The predicted octanol–water partition coefficient (Wildman–Crippen LogP) is 3.11. The highest BCUT2D eigenvalue weighted by Gasteiger charge is 2.51. The Bertz CT molecular complexity index is 412. The minimum absolute atomic E-state index is 0.787. The van der Waals surface area contributed by atoms with Crippen LogP contribution in [0.2, 0.25) is 18.6 Å². The maximum Gasteiger partial charge on any atom is 0.129 e. The van der Waals surface area contributed by atoms with Crippen LogP contribution >= 0.6 is 0 Å². The molecule has 1 saturated heterocycles. The van der Waals surface area contributed by atoms with Gasteiger partial charge in [-0.3, -0.25) is 15.2 Å². The third kappa shape index (κ3) is 2.91. The van der Waals surface area contributed by atoms with Gasteiger partial charge >= 0.3 is 0 Å². The summed E-state index contributed by atoms with van der Waals surface area (Å²) in [5, 5.41) is 7.00. The molecule has 4 unspecified atom stereocenters. The molecule has 0 spiro atoms. The standard InChI is InChI=1S/C17H31N3Si/c1-4-7-15-10-14-8-5-6-9-16(14)17(15)21(2,3)20-12-18-11-19-13-20/h5-6,8-9,14-19H,4,7,10-13H2,1-3H3. The lowest BCUT2D eigenvalue weighted by Crippen LogP contribution is -2.63. The van der Waals surface area contributed by atoms with Gasteiger partial charge in [0.1, 0.15) is 8.24 Å². The molecule has 4 atom stereocenters. The number of nitrogens with one attached hydrogen (secondary N) is 2. The second-order valence-electron chi connectivity index (χ2n) is 7.51. The maximum absolute atomic E-state index is 3.50. The predicted molar refractivity (Wildman–Crippen MR) is 92.2 cm³/mol. The summed E-state index contributed by atoms with van der Waals surface area (Å²) < 4.78 is 2.73. The van der Waals surface area contributed by atoms with Crippen molar-refractivity contribution in [3.8, 4) is 0 Å². The smallest absolute Gasteiger partial charge is 0.129 e. The molecule has 1 saturated carbocycles. The summed E-state index contributed by atoms with van der Waals surface area (Å²) in [4.78, 5) is 0. The molecule has 4 heteroatoms. The number of nitrogens with zero attached hydrogens (tertiary/aromatic N) is 1. The molecule has 0 aromatic rings. The van der Waals surface area contributed by atoms with E-state index in [1.165, 1.54) is 19.3 Å². The van der Waals surface area contributed by atoms with Gasteiger partial charge < -0.3 is 0 Å². The van der Waals surface area contributed by atoms with E-state index in [-0.39, 0.29) is 0 Å². The zero-order valence-electron chi connectivity index (χ0n) is 13.8. The summed E-state index contributed by atoms with van der Waals surface area (Å²) >= 11 is 0. The zero-order chi connectivity index (χ0) is 14.9. The van der Waals surface area contributed by atoms with Crippen molar-refractivity contribution in [2.24, 2.45) is 17.8 Å². The van der Waals surface area contributed by atoms with Crippen LogP contribution in [0.15, 0.2) is 24.3 Å². The van der Waals surface area contributed by atoms with Crippen LogP contribution in [0.25, 0.3) is 0 Å². The van der Waals surface area contributed by atoms with E-state index in [2.05, 4.69) is 59.5 Å². The lowest BCUT2D eigenvalue weighted by molar-refractivity contribution is 0.278. The lowest BCUT2D eigenvalue weighted by Gasteiger charge is -2.47. The van der Waals surface area contributed by atoms with E-state index < -0.39 is 8.24 Å². The van der Waals surface area contributed by atoms with Crippen LogP contribution in [0.5, 0.6) is 0 Å². The van der Waals surface area contributed by atoms with Gasteiger partial charge in [-0.15, -0.1) is 0 Å². The van der Waals surface area contributed by atoms with Crippen LogP contribution < -0.4 is 10.6 Å². The monoisotopic (exact) mass is 305 g/mol. The summed E-state index contributed by atoms with van der Waals surface area (Å²) in [7, 11) is -1.45. The SMILES string of the molecule is CCCC1CC2C=CC=CC2C1[Si](C)(C)N1CNCNC1. The van der Waals surface area contributed by atoms with Gasteiger partial charge in [0.25, 0.3) is 0 Å². The van der Waals surface area contributed by atoms with Crippen LogP contribution in [0, 0.1) is 17.8 Å². The van der Waals surface area contributed by atoms with E-state index in [4.69, 9.17) is 0 Å². The number of allylic oxidation sites excluding steroid dienone is 4. The van der Waals surface area contributed by atoms with Crippen LogP contribution in [-0.2, 0) is 0 Å². The Morgan fingerprint density at radius 3 is 2.57 bits per heavy atom. The molecule has 2 fully saturated rings. The molecule has 0 radical (unpaired) electrons. The molecular formula is C17H31N3Si. The Hall–Kier alpha value is -0.423. The van der Waals surface area contributed by atoms with Crippen LogP contribution in [0.3, 0.4) is 0 Å². The van der Waals surface area contributed by atoms with Crippen molar-refractivity contribution in [2.75, 3.05) is 20.0 Å². The molecule has 0 bridgehead atoms. The molecule has 3 nitrogen and oxygen atoms in total. The first kappa shape index (κ1) is 15.5. The molecule has 1 heterocycles. The van der Waals surface area contributed by atoms with Gasteiger partial charge in [0.05, 0.1) is 0 Å². The molecule has 3 aliphatic rings. The molecule has 3 rings (SSSR count). The summed E-state index contributed by atoms with van der Waals surface area (Å²) in [6.45, 7) is 10.6. The van der Waals surface area contributed by atoms with Crippen LogP contribution in [-0.4, -0.2) is 32.8 Å². The Balaban J connectivity index is 1.84. The topological polar surface area (TPSA) is 27.3 Å². The summed E-state index contributed by atoms with van der Waals surface area (Å²) in [6.07, 6.45) is 13.7. The second-order valence-corrected chi connectivity index (χ2v) is 12.1. The van der Waals surface area contributed by atoms with Gasteiger partial charge in [-0.25, -0.2) is 0 Å². The second kappa shape index (κ2) is 6.37. The quantitative estimate of drug-likeness (QED) is 0.782. The van der Waals surface area contributed by atoms with Gasteiger partial charge in [0, 0.05) is 20.0 Å². The van der Waals surface area contributed by atoms with E-state index in [1.54, 1.807) is 0 Å². The fourth-order valence-electron chi connectivity index (χ4n) is 4.96. The summed E-state index contributed by atoms with van der Waals surface area (Å²) in [5.74, 6) is 2.50. The van der Waals surface area contributed by atoms with Gasteiger partial charge in [0.15, 0.2) is 0 Å². The van der Waals surface area contributed by atoms with Crippen molar-refractivity contribution in [3.63, 3.8) is 0 Å². The molecule has 2 N–H and O–H groups in total. The van der Waals surface area contributed by atoms with Crippen LogP contribution in [0.1, 0.15) is 26.2 Å². The van der Waals surface area contributed by atoms with Crippen molar-refractivity contribution >= 4 is 8.24 Å². The normalized spacial score (nSPS) is 36.9. The first-order valence-electron chi connectivity index (χ1n) is 8.66. The Labute approximate surface area is 131 Å². The van der Waals surface area contributed by atoms with E-state index >= 15 is 0 Å². The summed E-state index contributed by atoms with van der Waals surface area (Å²) in [6, 6.07) is 0. The zero-order valence-corrected chi connectivity index (χ0v) is 14.8. The molecule has 2 aliphatic carbocycles. The van der Waals surface area contributed by atoms with Crippen molar-refractivity contribution < 1.29 is 0 Å². The first-order chi connectivity index (χ1) is 10.1. The van der Waals surface area contributed by atoms with Crippen LogP contribution in [0.4, 0.5) is 0 Å². The largest absolute Gasteiger partial charge is 0.299 e. The van der Waals surface area contributed by atoms with Gasteiger partial charge in [-0.2, -0.15) is 0 Å². The van der Waals surface area contributed by atoms with Crippen molar-refractivity contribution in [3.05, 3.63) is 24.3 Å². The van der Waals surface area contributed by atoms with Gasteiger partial charge in [0.2, 0.25) is 0 Å². The lowest BCUT2D eigenvalue weighted by atomic mass is 9.92. The van der Waals surface area contributed by atoms with Crippen molar-refractivity contribution in [2.45, 2.75) is 44.8 Å². The molecule has 0 aromatic carbocycles. The van der Waals surface area contributed by atoms with Gasteiger partial charge in [-0.05, 0) is 29.7 Å². The third-order valence-electron chi connectivity index (χ3n) is 5.94. The number of hydrogen-bond donors (Lipinski definition) is 2. The van der Waals surface area contributed by atoms with E-state index in [0.29, 0.717) is 0 Å². The molecule has 21 heavy (non-hydrogen) atoms. The average Bonchev–Trinajstić information content (AvgIpc) is 2.87. The third-order valence-corrected chi connectivity index (χ3v) is 10.4. The highest BCUT2D eigenvalue weighted by atomic mass is 28.3. The fraction of sp³-hybridized carbons (Fsp3) is 0.765. The molecule has 0 aromatic heterocycles. The Morgan fingerprint density at radius 1 is 1.14 bits per heavy atom. The summed E-state index contributed by atoms with van der Waals surface area (Å²) in [5.41, 5.74) is 0.894. The molecule has 118 valence electrons. The highest BCUT2D eigenvalue weighted by Crippen LogP contribution is 2.55. The molecule has 1 aliphatic heterocycles. The van der Waals surface area contributed by atoms with Crippen molar-refractivity contribution in [1.29, 1.82) is 0 Å². The number of hydrogen-bond acceptors (Lipinski definition) is 3. The maximum atomic E-state index is 3.50. The minimum atomic E-state index is -1.45. The minimum Gasteiger partial charge on any atom is -0.299 e. The Kier molecular flexibility index (Phi) is 4.69. The fourth-order valence-corrected chi connectivity index (χ4v) is 9.18. The van der Waals surface area contributed by atoms with E-state index in [0.717, 1.165) is 43.3 Å². The molecular weight excluding hydrogens is 274 g/mol. The van der Waals surface area contributed by atoms with Gasteiger partial charge in [-0.1, -0.05) is 57.2 Å². The number of fused-ring (bicyclic) bond motifs is 1. The molecule has 0 amide bonds. The van der Waals surface area contributed by atoms with Crippen molar-refractivity contribution in [1.82, 2.24) is 15.2 Å². The highest BCUT2D eigenvalue weighted by molar-refractivity contribution is 6.76. The first-order valence-corrected chi connectivity index (χ1v) is 11.7. The average molecular weight is 306 g/mol. The number of rotatable bonds is 4. The van der Waals surface area contributed by atoms with E-state index in [9.17, 15) is 0 Å².